The average molecular weight is 256 g/mol. The molecule has 2 rings (SSSR count). The van der Waals surface area contributed by atoms with Gasteiger partial charge in [0.15, 0.2) is 0 Å². The Morgan fingerprint density at radius 2 is 2.00 bits per heavy atom. The van der Waals surface area contributed by atoms with Crippen LogP contribution in [0.4, 0.5) is 5.69 Å². The number of hydrazine groups is 1. The van der Waals surface area contributed by atoms with E-state index in [9.17, 15) is 4.79 Å². The van der Waals surface area contributed by atoms with Gasteiger partial charge >= 0.3 is 0 Å². The minimum absolute atomic E-state index is 0.224. The minimum atomic E-state index is -0.224. The molecule has 5 nitrogen and oxygen atoms in total. The molecule has 0 radical (unpaired) electrons. The van der Waals surface area contributed by atoms with Crippen molar-refractivity contribution in [2.24, 2.45) is 5.84 Å². The normalized spacial score (nSPS) is 10.0. The van der Waals surface area contributed by atoms with E-state index in [0.717, 1.165) is 5.56 Å². The molecule has 0 aliphatic heterocycles. The molecule has 0 bridgehead atoms. The number of hydrogen-bond donors (Lipinski definition) is 3. The summed E-state index contributed by atoms with van der Waals surface area (Å²) in [5.41, 5.74) is 5.71. The van der Waals surface area contributed by atoms with E-state index in [-0.39, 0.29) is 5.91 Å². The molecule has 0 saturated carbocycles. The number of carbonyl (C=O) groups is 1. The number of anilines is 1. The van der Waals surface area contributed by atoms with Crippen molar-refractivity contribution in [3.8, 4) is 0 Å². The highest BCUT2D eigenvalue weighted by Gasteiger charge is 2.07. The number of nitrogens with one attached hydrogen (secondary N) is 2. The molecule has 1 heterocycles. The highest BCUT2D eigenvalue weighted by molar-refractivity contribution is 5.93. The van der Waals surface area contributed by atoms with E-state index < -0.39 is 0 Å². The van der Waals surface area contributed by atoms with Crippen LogP contribution in [-0.2, 0) is 6.54 Å². The summed E-state index contributed by atoms with van der Waals surface area (Å²) in [4.78, 5) is 15.9. The first-order chi connectivity index (χ1) is 9.19. The van der Waals surface area contributed by atoms with Gasteiger partial charge < -0.3 is 10.7 Å². The largest absolute Gasteiger partial charge is 0.347 e. The molecule has 0 spiro atoms. The summed E-state index contributed by atoms with van der Waals surface area (Å²) in [7, 11) is 0. The third-order valence-corrected chi connectivity index (χ3v) is 2.73. The molecule has 19 heavy (non-hydrogen) atoms. The predicted molar refractivity (Wildman–Crippen MR) is 74.4 cm³/mol. The number of amides is 1. The number of nitrogens with two attached hydrogens (primary N) is 1. The van der Waals surface area contributed by atoms with E-state index in [2.05, 4.69) is 15.7 Å². The Morgan fingerprint density at radius 3 is 2.68 bits per heavy atom. The quantitative estimate of drug-likeness (QED) is 0.573. The molecule has 0 fully saturated rings. The fraction of sp³-hybridized carbons (Fsp3) is 0.143. The Morgan fingerprint density at radius 1 is 1.26 bits per heavy atom. The molecule has 98 valence electrons. The van der Waals surface area contributed by atoms with Gasteiger partial charge in [0.05, 0.1) is 5.69 Å². The highest BCUT2D eigenvalue weighted by atomic mass is 16.1. The Balaban J connectivity index is 1.99. The predicted octanol–water partition coefficient (Wildman–Crippen LogP) is 1.61. The van der Waals surface area contributed by atoms with Crippen LogP contribution in [0.3, 0.4) is 0 Å². The molecule has 1 amide bonds. The topological polar surface area (TPSA) is 80.0 Å². The number of aryl methyl sites for hydroxylation is 1. The van der Waals surface area contributed by atoms with Gasteiger partial charge in [0, 0.05) is 12.7 Å². The van der Waals surface area contributed by atoms with Crippen molar-refractivity contribution >= 4 is 11.6 Å². The summed E-state index contributed by atoms with van der Waals surface area (Å²) in [5, 5.41) is 2.82. The maximum atomic E-state index is 11.9. The van der Waals surface area contributed by atoms with E-state index in [1.54, 1.807) is 12.1 Å². The van der Waals surface area contributed by atoms with Crippen LogP contribution in [0.2, 0.25) is 0 Å². The van der Waals surface area contributed by atoms with E-state index >= 15 is 0 Å². The van der Waals surface area contributed by atoms with Crippen LogP contribution in [0.5, 0.6) is 0 Å². The van der Waals surface area contributed by atoms with E-state index in [0.29, 0.717) is 17.9 Å². The van der Waals surface area contributed by atoms with Crippen LogP contribution in [0, 0.1) is 6.92 Å². The number of carbonyl (C=O) groups excluding carboxylic acids is 1. The van der Waals surface area contributed by atoms with Gasteiger partial charge in [0.2, 0.25) is 0 Å². The summed E-state index contributed by atoms with van der Waals surface area (Å²) in [6.07, 6.45) is 1.54. The molecule has 5 heteroatoms. The van der Waals surface area contributed by atoms with Gasteiger partial charge in [0.1, 0.15) is 5.69 Å². The summed E-state index contributed by atoms with van der Waals surface area (Å²) in [6, 6.07) is 11.3. The summed E-state index contributed by atoms with van der Waals surface area (Å²) in [5.74, 6) is 5.06. The van der Waals surface area contributed by atoms with Crippen molar-refractivity contribution in [1.82, 2.24) is 10.3 Å². The van der Waals surface area contributed by atoms with Gasteiger partial charge in [-0.3, -0.25) is 15.6 Å². The lowest BCUT2D eigenvalue weighted by atomic mass is 10.1. The Hall–Kier alpha value is -2.40. The number of benzene rings is 1. The molecule has 0 unspecified atom stereocenters. The average Bonchev–Trinajstić information content (AvgIpc) is 2.46. The second kappa shape index (κ2) is 5.97. The van der Waals surface area contributed by atoms with Gasteiger partial charge in [-0.1, -0.05) is 29.8 Å². The van der Waals surface area contributed by atoms with Crippen molar-refractivity contribution in [1.29, 1.82) is 0 Å². The number of nitrogen functional groups attached to an aromatic ring is 1. The van der Waals surface area contributed by atoms with Crippen LogP contribution in [0.1, 0.15) is 21.6 Å². The van der Waals surface area contributed by atoms with Crippen LogP contribution in [0.25, 0.3) is 0 Å². The van der Waals surface area contributed by atoms with Crippen molar-refractivity contribution < 1.29 is 4.79 Å². The zero-order valence-corrected chi connectivity index (χ0v) is 10.7. The second-order valence-electron chi connectivity index (χ2n) is 4.24. The van der Waals surface area contributed by atoms with Crippen LogP contribution < -0.4 is 16.6 Å². The zero-order valence-electron chi connectivity index (χ0n) is 10.7. The molecular formula is C14H16N4O. The SMILES string of the molecule is Cc1ccc(CNC(=O)c2cc(NN)ccn2)cc1. The molecule has 1 aromatic carbocycles. The van der Waals surface area contributed by atoms with Crippen molar-refractivity contribution in [2.75, 3.05) is 5.43 Å². The molecule has 0 aliphatic rings. The maximum absolute atomic E-state index is 11.9. The van der Waals surface area contributed by atoms with Gasteiger partial charge in [-0.05, 0) is 24.6 Å². The van der Waals surface area contributed by atoms with E-state index in [1.807, 2.05) is 31.2 Å². The standard InChI is InChI=1S/C14H16N4O/c1-10-2-4-11(5-3-10)9-17-14(19)13-8-12(18-15)6-7-16-13/h2-8H,9,15H2,1H3,(H,16,18)(H,17,19). The van der Waals surface area contributed by atoms with Crippen LogP contribution >= 0.6 is 0 Å². The Labute approximate surface area is 111 Å². The zero-order chi connectivity index (χ0) is 13.7. The molecule has 0 atom stereocenters. The number of pyridine rings is 1. The second-order valence-corrected chi connectivity index (χ2v) is 4.24. The third kappa shape index (κ3) is 3.53. The first kappa shape index (κ1) is 13.0. The number of hydrogen-bond acceptors (Lipinski definition) is 4. The van der Waals surface area contributed by atoms with Crippen LogP contribution in [-0.4, -0.2) is 10.9 Å². The molecule has 4 N–H and O–H groups in total. The van der Waals surface area contributed by atoms with Crippen molar-refractivity contribution in [3.63, 3.8) is 0 Å². The molecule has 0 aliphatic carbocycles. The van der Waals surface area contributed by atoms with Crippen molar-refractivity contribution in [2.45, 2.75) is 13.5 Å². The lowest BCUT2D eigenvalue weighted by molar-refractivity contribution is 0.0946. The van der Waals surface area contributed by atoms with Gasteiger partial charge in [-0.25, -0.2) is 0 Å². The number of rotatable bonds is 4. The number of nitrogens with zero attached hydrogens (tertiary/aromatic N) is 1. The maximum Gasteiger partial charge on any atom is 0.270 e. The monoisotopic (exact) mass is 256 g/mol. The lowest BCUT2D eigenvalue weighted by Crippen LogP contribution is -2.24. The first-order valence-electron chi connectivity index (χ1n) is 5.95. The van der Waals surface area contributed by atoms with Gasteiger partial charge in [0.25, 0.3) is 5.91 Å². The Kier molecular flexibility index (Phi) is 4.10. The van der Waals surface area contributed by atoms with E-state index in [1.165, 1.54) is 11.8 Å². The molecule has 2 aromatic rings. The molecule has 0 saturated heterocycles. The summed E-state index contributed by atoms with van der Waals surface area (Å²) >= 11 is 0. The fourth-order valence-electron chi connectivity index (χ4n) is 1.62. The van der Waals surface area contributed by atoms with Crippen LogP contribution in [0.15, 0.2) is 42.6 Å². The Bertz CT molecular complexity index is 566. The third-order valence-electron chi connectivity index (χ3n) is 2.73. The molecular weight excluding hydrogens is 240 g/mol. The highest BCUT2D eigenvalue weighted by Crippen LogP contribution is 2.07. The van der Waals surface area contributed by atoms with Gasteiger partial charge in [-0.2, -0.15) is 0 Å². The summed E-state index contributed by atoms with van der Waals surface area (Å²) < 4.78 is 0. The fourth-order valence-corrected chi connectivity index (χ4v) is 1.62. The summed E-state index contributed by atoms with van der Waals surface area (Å²) in [6.45, 7) is 2.50. The smallest absolute Gasteiger partial charge is 0.270 e. The van der Waals surface area contributed by atoms with E-state index in [4.69, 9.17) is 5.84 Å². The van der Waals surface area contributed by atoms with Gasteiger partial charge in [-0.15, -0.1) is 0 Å². The first-order valence-corrected chi connectivity index (χ1v) is 5.95. The number of aromatic nitrogens is 1. The van der Waals surface area contributed by atoms with Crippen molar-refractivity contribution in [3.05, 3.63) is 59.4 Å². The minimum Gasteiger partial charge on any atom is -0.347 e. The lowest BCUT2D eigenvalue weighted by Gasteiger charge is -2.06. The molecule has 1 aromatic heterocycles.